The molecule has 1 aliphatic carbocycles. The Morgan fingerprint density at radius 3 is 2.48 bits per heavy atom. The number of amides is 1. The smallest absolute Gasteiger partial charge is 0.329 e. The first-order chi connectivity index (χ1) is 9.85. The monoisotopic (exact) mass is 292 g/mol. The summed E-state index contributed by atoms with van der Waals surface area (Å²) < 4.78 is 0. The van der Waals surface area contributed by atoms with Gasteiger partial charge in [0, 0.05) is 6.07 Å². The van der Waals surface area contributed by atoms with Crippen molar-refractivity contribution in [2.75, 3.05) is 0 Å². The van der Waals surface area contributed by atoms with Crippen molar-refractivity contribution in [3.05, 3.63) is 39.4 Å². The molecule has 1 fully saturated rings. The van der Waals surface area contributed by atoms with E-state index in [2.05, 4.69) is 5.32 Å². The van der Waals surface area contributed by atoms with E-state index in [4.69, 9.17) is 0 Å². The number of nitro benzene ring substituents is 1. The number of benzene rings is 1. The van der Waals surface area contributed by atoms with Gasteiger partial charge >= 0.3 is 5.97 Å². The molecule has 0 heterocycles. The largest absolute Gasteiger partial charge is 0.480 e. The van der Waals surface area contributed by atoms with Gasteiger partial charge in [0.15, 0.2) is 0 Å². The van der Waals surface area contributed by atoms with Gasteiger partial charge in [0.25, 0.3) is 11.6 Å². The lowest BCUT2D eigenvalue weighted by molar-refractivity contribution is -0.385. The molecule has 0 radical (unpaired) electrons. The third kappa shape index (κ3) is 2.86. The third-order valence-corrected chi connectivity index (χ3v) is 3.81. The first-order valence-electron chi connectivity index (χ1n) is 6.67. The van der Waals surface area contributed by atoms with Gasteiger partial charge in [-0.3, -0.25) is 14.9 Å². The van der Waals surface area contributed by atoms with Crippen LogP contribution in [0.2, 0.25) is 0 Å². The highest BCUT2D eigenvalue weighted by Gasteiger charge is 2.43. The summed E-state index contributed by atoms with van der Waals surface area (Å²) in [6.45, 7) is 1.71. The van der Waals surface area contributed by atoms with E-state index in [1.54, 1.807) is 6.92 Å². The molecule has 0 aliphatic heterocycles. The molecule has 1 aromatic rings. The van der Waals surface area contributed by atoms with Crippen LogP contribution in [0.1, 0.15) is 41.6 Å². The van der Waals surface area contributed by atoms with Crippen LogP contribution >= 0.6 is 0 Å². The summed E-state index contributed by atoms with van der Waals surface area (Å²) in [6, 6.07) is 4.20. The van der Waals surface area contributed by atoms with Crippen LogP contribution in [0.15, 0.2) is 18.2 Å². The van der Waals surface area contributed by atoms with Gasteiger partial charge in [0.2, 0.25) is 0 Å². The fraction of sp³-hybridized carbons (Fsp3) is 0.429. The predicted octanol–water partition coefficient (Wildman–Crippen LogP) is 2.03. The average Bonchev–Trinajstić information content (AvgIpc) is 2.88. The maximum atomic E-state index is 12.3. The highest BCUT2D eigenvalue weighted by Crippen LogP contribution is 2.31. The molecule has 7 heteroatoms. The van der Waals surface area contributed by atoms with Crippen molar-refractivity contribution in [1.29, 1.82) is 0 Å². The number of aliphatic carboxylic acids is 1. The van der Waals surface area contributed by atoms with Crippen LogP contribution in [-0.2, 0) is 4.79 Å². The van der Waals surface area contributed by atoms with Gasteiger partial charge in [-0.1, -0.05) is 18.9 Å². The van der Waals surface area contributed by atoms with Crippen molar-refractivity contribution < 1.29 is 19.6 Å². The Morgan fingerprint density at radius 1 is 1.33 bits per heavy atom. The minimum Gasteiger partial charge on any atom is -0.480 e. The van der Waals surface area contributed by atoms with Gasteiger partial charge < -0.3 is 10.4 Å². The zero-order valence-electron chi connectivity index (χ0n) is 11.6. The molecule has 2 rings (SSSR count). The molecule has 0 atom stereocenters. The molecule has 2 N–H and O–H groups in total. The van der Waals surface area contributed by atoms with Crippen LogP contribution in [-0.4, -0.2) is 27.4 Å². The van der Waals surface area contributed by atoms with Crippen molar-refractivity contribution in [3.8, 4) is 0 Å². The molecule has 0 spiro atoms. The van der Waals surface area contributed by atoms with Gasteiger partial charge in [-0.15, -0.1) is 0 Å². The van der Waals surface area contributed by atoms with Crippen molar-refractivity contribution in [2.45, 2.75) is 38.1 Å². The number of nitro groups is 1. The second-order valence-corrected chi connectivity index (χ2v) is 5.33. The van der Waals surface area contributed by atoms with Crippen LogP contribution in [0.4, 0.5) is 5.69 Å². The zero-order valence-corrected chi connectivity index (χ0v) is 11.6. The standard InChI is InChI=1S/C14H16N2O5/c1-9-4-5-11(16(20)21)10(8-9)12(17)15-14(13(18)19)6-2-3-7-14/h4-5,8H,2-3,6-7H2,1H3,(H,15,17)(H,18,19). The zero-order chi connectivity index (χ0) is 15.6. The number of carbonyl (C=O) groups excluding carboxylic acids is 1. The van der Waals surface area contributed by atoms with Gasteiger partial charge in [-0.05, 0) is 31.4 Å². The van der Waals surface area contributed by atoms with Crippen LogP contribution in [0.25, 0.3) is 0 Å². The number of carbonyl (C=O) groups is 2. The Hall–Kier alpha value is -2.44. The Morgan fingerprint density at radius 2 is 1.95 bits per heavy atom. The summed E-state index contributed by atoms with van der Waals surface area (Å²) in [6.07, 6.45) is 2.10. The minimum absolute atomic E-state index is 0.104. The molecule has 1 aliphatic rings. The van der Waals surface area contributed by atoms with Crippen LogP contribution < -0.4 is 5.32 Å². The molecular weight excluding hydrogens is 276 g/mol. The van der Waals surface area contributed by atoms with E-state index in [9.17, 15) is 24.8 Å². The average molecular weight is 292 g/mol. The molecule has 1 aromatic carbocycles. The molecule has 7 nitrogen and oxygen atoms in total. The lowest BCUT2D eigenvalue weighted by Crippen LogP contribution is -2.52. The summed E-state index contributed by atoms with van der Waals surface area (Å²) in [5.74, 6) is -1.81. The van der Waals surface area contributed by atoms with E-state index in [0.717, 1.165) is 0 Å². The van der Waals surface area contributed by atoms with Crippen molar-refractivity contribution in [3.63, 3.8) is 0 Å². The normalized spacial score (nSPS) is 16.4. The highest BCUT2D eigenvalue weighted by molar-refractivity contribution is 6.01. The maximum Gasteiger partial charge on any atom is 0.329 e. The number of nitrogens with zero attached hydrogens (tertiary/aromatic N) is 1. The Kier molecular flexibility index (Phi) is 3.93. The molecule has 1 saturated carbocycles. The predicted molar refractivity (Wildman–Crippen MR) is 74.1 cm³/mol. The molecule has 112 valence electrons. The summed E-state index contributed by atoms with van der Waals surface area (Å²) in [5.41, 5.74) is -1.04. The molecular formula is C14H16N2O5. The molecule has 0 saturated heterocycles. The topological polar surface area (TPSA) is 110 Å². The third-order valence-electron chi connectivity index (χ3n) is 3.81. The number of carboxylic acid groups (broad SMARTS) is 1. The van der Waals surface area contributed by atoms with Gasteiger partial charge in [0.1, 0.15) is 11.1 Å². The van der Waals surface area contributed by atoms with E-state index in [1.165, 1.54) is 18.2 Å². The van der Waals surface area contributed by atoms with Crippen molar-refractivity contribution >= 4 is 17.6 Å². The van der Waals surface area contributed by atoms with E-state index in [1.807, 2.05) is 0 Å². The summed E-state index contributed by atoms with van der Waals surface area (Å²) >= 11 is 0. The molecule has 0 bridgehead atoms. The quantitative estimate of drug-likeness (QED) is 0.651. The number of hydrogen-bond donors (Lipinski definition) is 2. The first-order valence-corrected chi connectivity index (χ1v) is 6.67. The molecule has 1 amide bonds. The van der Waals surface area contributed by atoms with E-state index >= 15 is 0 Å². The van der Waals surface area contributed by atoms with Crippen LogP contribution in [0, 0.1) is 17.0 Å². The summed E-state index contributed by atoms with van der Waals surface area (Å²) in [4.78, 5) is 34.1. The van der Waals surface area contributed by atoms with Crippen LogP contribution in [0.3, 0.4) is 0 Å². The summed E-state index contributed by atoms with van der Waals surface area (Å²) in [5, 5.41) is 22.8. The lowest BCUT2D eigenvalue weighted by atomic mass is 9.96. The molecule has 0 unspecified atom stereocenters. The fourth-order valence-electron chi connectivity index (χ4n) is 2.65. The Balaban J connectivity index is 2.34. The number of nitrogens with one attached hydrogen (secondary N) is 1. The number of rotatable bonds is 4. The first kappa shape index (κ1) is 15.0. The Bertz CT molecular complexity index is 605. The number of aryl methyl sites for hydroxylation is 1. The van der Waals surface area contributed by atoms with E-state index in [-0.39, 0.29) is 11.3 Å². The number of carboxylic acids is 1. The highest BCUT2D eigenvalue weighted by atomic mass is 16.6. The fourth-order valence-corrected chi connectivity index (χ4v) is 2.65. The van der Waals surface area contributed by atoms with Gasteiger partial charge in [-0.2, -0.15) is 0 Å². The van der Waals surface area contributed by atoms with Crippen molar-refractivity contribution in [1.82, 2.24) is 5.32 Å². The van der Waals surface area contributed by atoms with Gasteiger partial charge in [-0.25, -0.2) is 4.79 Å². The van der Waals surface area contributed by atoms with Crippen molar-refractivity contribution in [2.24, 2.45) is 0 Å². The van der Waals surface area contributed by atoms with E-state index < -0.39 is 22.3 Å². The second-order valence-electron chi connectivity index (χ2n) is 5.33. The van der Waals surface area contributed by atoms with Gasteiger partial charge in [0.05, 0.1) is 4.92 Å². The Labute approximate surface area is 121 Å². The number of hydrogen-bond acceptors (Lipinski definition) is 4. The second kappa shape index (κ2) is 5.51. The molecule has 0 aromatic heterocycles. The maximum absolute atomic E-state index is 12.3. The van der Waals surface area contributed by atoms with Crippen LogP contribution in [0.5, 0.6) is 0 Å². The van der Waals surface area contributed by atoms with E-state index in [0.29, 0.717) is 31.2 Å². The lowest BCUT2D eigenvalue weighted by Gasteiger charge is -2.25. The minimum atomic E-state index is -1.31. The molecule has 21 heavy (non-hydrogen) atoms. The SMILES string of the molecule is Cc1ccc([N+](=O)[O-])c(C(=O)NC2(C(=O)O)CCCC2)c1. The summed E-state index contributed by atoms with van der Waals surface area (Å²) in [7, 11) is 0.